The van der Waals surface area contributed by atoms with Crippen LogP contribution in [0.1, 0.15) is 34.1 Å². The molecule has 188 valence electrons. The van der Waals surface area contributed by atoms with Crippen LogP contribution in [-0.2, 0) is 14.4 Å². The van der Waals surface area contributed by atoms with Gasteiger partial charge in [0.05, 0.1) is 21.9 Å². The molecule has 3 aromatic carbocycles. The van der Waals surface area contributed by atoms with Crippen LogP contribution < -0.4 is 4.90 Å². The number of carbonyl (C=O) groups excluding carboxylic acids is 3. The Labute approximate surface area is 219 Å². The first-order valence-corrected chi connectivity index (χ1v) is 12.2. The standard InChI is InChI=1S/C27H17Cl2F3N2O3/c28-18-10-9-13(11-19(18)29)33(26(37)27(30,31)32)12-34-24(35)22-20-14-5-1-2-6-15(14)21(23(22)25(34)36)17-8-4-3-7-16(17)20/h1-11,20-23H,12H2. The molecule has 4 aliphatic rings. The summed E-state index contributed by atoms with van der Waals surface area (Å²) in [7, 11) is 0. The minimum absolute atomic E-state index is 0.0733. The molecule has 0 N–H and O–H groups in total. The Morgan fingerprint density at radius 3 is 1.65 bits per heavy atom. The highest BCUT2D eigenvalue weighted by Gasteiger charge is 2.62. The Bertz CT molecular complexity index is 1380. The van der Waals surface area contributed by atoms with Gasteiger partial charge in [0.1, 0.15) is 6.67 Å². The molecule has 5 nitrogen and oxygen atoms in total. The summed E-state index contributed by atoms with van der Waals surface area (Å²) >= 11 is 11.9. The molecular formula is C27H17Cl2F3N2O3. The number of carbonyl (C=O) groups is 3. The van der Waals surface area contributed by atoms with Gasteiger partial charge in [0.15, 0.2) is 0 Å². The lowest BCUT2D eigenvalue weighted by atomic mass is 9.55. The highest BCUT2D eigenvalue weighted by Crippen LogP contribution is 2.61. The van der Waals surface area contributed by atoms with Crippen molar-refractivity contribution in [3.8, 4) is 0 Å². The van der Waals surface area contributed by atoms with Gasteiger partial charge < -0.3 is 0 Å². The summed E-state index contributed by atoms with van der Waals surface area (Å²) in [6.07, 6.45) is -5.25. The van der Waals surface area contributed by atoms with Crippen LogP contribution in [0.2, 0.25) is 10.0 Å². The normalized spacial score (nSPS) is 23.5. The Morgan fingerprint density at radius 1 is 0.784 bits per heavy atom. The summed E-state index contributed by atoms with van der Waals surface area (Å²) in [6, 6.07) is 18.7. The zero-order valence-corrected chi connectivity index (χ0v) is 20.4. The topological polar surface area (TPSA) is 57.7 Å². The molecule has 3 aromatic rings. The van der Waals surface area contributed by atoms with Crippen LogP contribution in [0.4, 0.5) is 18.9 Å². The van der Waals surface area contributed by atoms with Crippen LogP contribution in [0, 0.1) is 11.8 Å². The van der Waals surface area contributed by atoms with Gasteiger partial charge in [-0.3, -0.25) is 24.2 Å². The molecular weight excluding hydrogens is 528 g/mol. The number of benzene rings is 3. The smallest absolute Gasteiger partial charge is 0.286 e. The lowest BCUT2D eigenvalue weighted by molar-refractivity contribution is -0.171. The van der Waals surface area contributed by atoms with Crippen molar-refractivity contribution in [2.24, 2.45) is 11.8 Å². The van der Waals surface area contributed by atoms with E-state index in [0.717, 1.165) is 33.2 Å². The lowest BCUT2D eigenvalue weighted by Crippen LogP contribution is -2.49. The average molecular weight is 545 g/mol. The molecule has 1 saturated heterocycles. The van der Waals surface area contributed by atoms with Crippen LogP contribution in [-0.4, -0.2) is 35.5 Å². The molecule has 0 radical (unpaired) electrons. The molecule has 2 bridgehead atoms. The molecule has 7 rings (SSSR count). The highest BCUT2D eigenvalue weighted by molar-refractivity contribution is 6.42. The van der Waals surface area contributed by atoms with Gasteiger partial charge in [0.2, 0.25) is 11.8 Å². The highest BCUT2D eigenvalue weighted by atomic mass is 35.5. The Balaban J connectivity index is 1.43. The van der Waals surface area contributed by atoms with Crippen molar-refractivity contribution in [3.63, 3.8) is 0 Å². The molecule has 3 amide bonds. The number of anilines is 1. The van der Waals surface area contributed by atoms with Crippen molar-refractivity contribution in [2.45, 2.75) is 18.0 Å². The first-order valence-electron chi connectivity index (χ1n) is 11.5. The van der Waals surface area contributed by atoms with E-state index in [9.17, 15) is 27.6 Å². The first-order chi connectivity index (χ1) is 17.6. The van der Waals surface area contributed by atoms with E-state index in [2.05, 4.69) is 0 Å². The minimum Gasteiger partial charge on any atom is -0.286 e. The summed E-state index contributed by atoms with van der Waals surface area (Å²) in [4.78, 5) is 41.1. The van der Waals surface area contributed by atoms with E-state index in [1.54, 1.807) is 0 Å². The van der Waals surface area contributed by atoms with Gasteiger partial charge in [-0.15, -0.1) is 0 Å². The number of hydrogen-bond acceptors (Lipinski definition) is 3. The van der Waals surface area contributed by atoms with Gasteiger partial charge in [-0.1, -0.05) is 71.7 Å². The fraction of sp³-hybridized carbons (Fsp3) is 0.222. The maximum absolute atomic E-state index is 13.8. The van der Waals surface area contributed by atoms with Crippen LogP contribution in [0.25, 0.3) is 0 Å². The number of likely N-dealkylation sites (tertiary alicyclic amines) is 1. The minimum atomic E-state index is -5.25. The second-order valence-corrected chi connectivity index (χ2v) is 10.2. The average Bonchev–Trinajstić information content (AvgIpc) is 3.13. The van der Waals surface area contributed by atoms with Gasteiger partial charge >= 0.3 is 12.1 Å². The Hall–Kier alpha value is -3.36. The predicted octanol–water partition coefficient (Wildman–Crippen LogP) is 5.74. The van der Waals surface area contributed by atoms with Crippen molar-refractivity contribution < 1.29 is 27.6 Å². The zero-order valence-electron chi connectivity index (χ0n) is 18.9. The van der Waals surface area contributed by atoms with E-state index < -0.39 is 54.2 Å². The summed E-state index contributed by atoms with van der Waals surface area (Å²) in [6.45, 7) is -0.896. The fourth-order valence-corrected chi connectivity index (χ4v) is 6.38. The van der Waals surface area contributed by atoms with Crippen LogP contribution in [0.3, 0.4) is 0 Å². The SMILES string of the molecule is O=C1C2C3c4ccccc4C(c4ccccc43)C2C(=O)N1CN(C(=O)C(F)(F)F)c1ccc(Cl)c(Cl)c1. The molecule has 0 saturated carbocycles. The largest absolute Gasteiger partial charge is 0.471 e. The van der Waals surface area contributed by atoms with Crippen molar-refractivity contribution in [1.82, 2.24) is 4.90 Å². The predicted molar refractivity (Wildman–Crippen MR) is 130 cm³/mol. The second kappa shape index (κ2) is 8.33. The summed E-state index contributed by atoms with van der Waals surface area (Å²) in [5.41, 5.74) is 3.50. The quantitative estimate of drug-likeness (QED) is 0.395. The third-order valence-electron chi connectivity index (χ3n) is 7.53. The van der Waals surface area contributed by atoms with Gasteiger partial charge in [-0.05, 0) is 40.5 Å². The van der Waals surface area contributed by atoms with Crippen LogP contribution in [0.15, 0.2) is 66.7 Å². The molecule has 10 heteroatoms. The summed E-state index contributed by atoms with van der Waals surface area (Å²) < 4.78 is 40.7. The molecule has 1 fully saturated rings. The van der Waals surface area contributed by atoms with Crippen molar-refractivity contribution in [2.75, 3.05) is 11.6 Å². The molecule has 2 unspecified atom stereocenters. The number of nitrogens with zero attached hydrogens (tertiary/aromatic N) is 2. The molecule has 1 heterocycles. The zero-order chi connectivity index (χ0) is 26.2. The third-order valence-corrected chi connectivity index (χ3v) is 8.26. The first kappa shape index (κ1) is 24.0. The van der Waals surface area contributed by atoms with E-state index in [0.29, 0.717) is 4.90 Å². The number of amides is 3. The third kappa shape index (κ3) is 3.49. The Morgan fingerprint density at radius 2 is 1.24 bits per heavy atom. The van der Waals surface area contributed by atoms with E-state index >= 15 is 0 Å². The fourth-order valence-electron chi connectivity index (χ4n) is 6.09. The molecule has 0 aromatic heterocycles. The van der Waals surface area contributed by atoms with E-state index in [1.807, 2.05) is 48.5 Å². The van der Waals surface area contributed by atoms with Gasteiger partial charge in [-0.25, -0.2) is 0 Å². The van der Waals surface area contributed by atoms with E-state index in [1.165, 1.54) is 12.1 Å². The molecule has 1 aliphatic heterocycles. The molecule has 3 aliphatic carbocycles. The van der Waals surface area contributed by atoms with Crippen LogP contribution in [0.5, 0.6) is 0 Å². The molecule has 2 atom stereocenters. The summed E-state index contributed by atoms with van der Waals surface area (Å²) in [5.74, 6) is -5.82. The van der Waals surface area contributed by atoms with E-state index in [-0.39, 0.29) is 15.7 Å². The number of imide groups is 1. The number of rotatable bonds is 3. The molecule has 37 heavy (non-hydrogen) atoms. The lowest BCUT2D eigenvalue weighted by Gasteiger charge is -2.45. The Kier molecular flexibility index (Phi) is 5.40. The summed E-state index contributed by atoms with van der Waals surface area (Å²) in [5, 5.41) is 0.00658. The van der Waals surface area contributed by atoms with E-state index in [4.69, 9.17) is 23.2 Å². The number of hydrogen-bond donors (Lipinski definition) is 0. The maximum Gasteiger partial charge on any atom is 0.471 e. The molecule has 0 spiro atoms. The maximum atomic E-state index is 13.8. The van der Waals surface area contributed by atoms with Crippen LogP contribution >= 0.6 is 23.2 Å². The van der Waals surface area contributed by atoms with Gasteiger partial charge in [0, 0.05) is 17.5 Å². The number of alkyl halides is 3. The van der Waals surface area contributed by atoms with Gasteiger partial charge in [-0.2, -0.15) is 13.2 Å². The van der Waals surface area contributed by atoms with Crippen molar-refractivity contribution in [1.29, 1.82) is 0 Å². The monoisotopic (exact) mass is 544 g/mol. The number of halogens is 5. The van der Waals surface area contributed by atoms with Crippen molar-refractivity contribution >= 4 is 46.6 Å². The van der Waals surface area contributed by atoms with Gasteiger partial charge in [0.25, 0.3) is 0 Å². The van der Waals surface area contributed by atoms with Crippen molar-refractivity contribution in [3.05, 3.63) is 99.0 Å². The second-order valence-electron chi connectivity index (χ2n) is 9.34.